The van der Waals surface area contributed by atoms with Crippen LogP contribution in [0.5, 0.6) is 0 Å². The fourth-order valence-corrected chi connectivity index (χ4v) is 2.25. The van der Waals surface area contributed by atoms with Crippen LogP contribution < -0.4 is 10.9 Å². The zero-order valence-corrected chi connectivity index (χ0v) is 12.4. The molecule has 1 aromatic carbocycles. The summed E-state index contributed by atoms with van der Waals surface area (Å²) in [6, 6.07) is 13.6. The van der Waals surface area contributed by atoms with Gasteiger partial charge >= 0.3 is 0 Å². The van der Waals surface area contributed by atoms with Crippen molar-refractivity contribution in [3.63, 3.8) is 0 Å². The van der Waals surface area contributed by atoms with Crippen LogP contribution in [-0.4, -0.2) is 11.1 Å². The molecule has 0 fully saturated rings. The largest absolute Gasteiger partial charge is 0.383 e. The van der Waals surface area contributed by atoms with Gasteiger partial charge < -0.3 is 9.88 Å². The maximum Gasteiger partial charge on any atom is 0.250 e. The first-order valence-corrected chi connectivity index (χ1v) is 6.97. The van der Waals surface area contributed by atoms with Crippen LogP contribution in [0.25, 0.3) is 0 Å². The average Bonchev–Trinajstić information content (AvgIpc) is 2.40. The van der Waals surface area contributed by atoms with Gasteiger partial charge in [0, 0.05) is 31.0 Å². The molecular weight excluding hydrogens is 248 g/mol. The summed E-state index contributed by atoms with van der Waals surface area (Å²) in [6.07, 6.45) is 1.82. The van der Waals surface area contributed by atoms with Gasteiger partial charge in [-0.2, -0.15) is 0 Å². The van der Waals surface area contributed by atoms with Crippen molar-refractivity contribution in [1.29, 1.82) is 0 Å². The van der Waals surface area contributed by atoms with Crippen molar-refractivity contribution < 1.29 is 0 Å². The van der Waals surface area contributed by atoms with Crippen molar-refractivity contribution in [2.75, 3.05) is 11.9 Å². The third kappa shape index (κ3) is 3.50. The molecular formula is C17H22N2O. The molecule has 0 saturated heterocycles. The smallest absolute Gasteiger partial charge is 0.250 e. The van der Waals surface area contributed by atoms with Gasteiger partial charge in [0.25, 0.3) is 5.56 Å². The van der Waals surface area contributed by atoms with Crippen LogP contribution in [-0.2, 0) is 12.0 Å². The normalized spacial score (nSPS) is 11.3. The van der Waals surface area contributed by atoms with Crippen molar-refractivity contribution >= 4 is 5.69 Å². The van der Waals surface area contributed by atoms with Crippen LogP contribution in [0.3, 0.4) is 0 Å². The molecule has 3 heteroatoms. The Bertz CT molecular complexity index is 623. The Morgan fingerprint density at radius 3 is 2.45 bits per heavy atom. The highest BCUT2D eigenvalue weighted by Crippen LogP contribution is 2.28. The zero-order chi connectivity index (χ0) is 14.6. The lowest BCUT2D eigenvalue weighted by Gasteiger charge is -2.23. The minimum atomic E-state index is 0.0402. The van der Waals surface area contributed by atoms with Gasteiger partial charge in [-0.1, -0.05) is 45.0 Å². The lowest BCUT2D eigenvalue weighted by molar-refractivity contribution is 0.591. The second-order valence-corrected chi connectivity index (χ2v) is 5.95. The number of pyridine rings is 1. The summed E-state index contributed by atoms with van der Waals surface area (Å²) >= 11 is 0. The number of hydrogen-bond acceptors (Lipinski definition) is 2. The number of nitrogens with one attached hydrogen (secondary N) is 1. The summed E-state index contributed by atoms with van der Waals surface area (Å²) in [7, 11) is 0. The van der Waals surface area contributed by atoms with Crippen molar-refractivity contribution in [2.24, 2.45) is 0 Å². The summed E-state index contributed by atoms with van der Waals surface area (Å²) in [6.45, 7) is 8.01. The first kappa shape index (κ1) is 14.4. The molecule has 1 aromatic heterocycles. The van der Waals surface area contributed by atoms with E-state index in [1.54, 1.807) is 16.7 Å². The average molecular weight is 270 g/mol. The molecule has 0 aliphatic rings. The summed E-state index contributed by atoms with van der Waals surface area (Å²) in [5, 5.41) is 3.44. The SMILES string of the molecule is CC(C)(C)c1ccccc1NCCn1ccccc1=O. The van der Waals surface area contributed by atoms with E-state index in [0.717, 1.165) is 12.2 Å². The minimum absolute atomic E-state index is 0.0402. The topological polar surface area (TPSA) is 34.0 Å². The Kier molecular flexibility index (Phi) is 4.28. The van der Waals surface area contributed by atoms with Crippen LogP contribution in [0, 0.1) is 0 Å². The second kappa shape index (κ2) is 5.95. The quantitative estimate of drug-likeness (QED) is 0.925. The molecule has 0 amide bonds. The second-order valence-electron chi connectivity index (χ2n) is 5.95. The van der Waals surface area contributed by atoms with Crippen LogP contribution in [0.1, 0.15) is 26.3 Å². The fourth-order valence-electron chi connectivity index (χ4n) is 2.25. The maximum absolute atomic E-state index is 11.6. The molecule has 0 unspecified atom stereocenters. The Morgan fingerprint density at radius 2 is 1.75 bits per heavy atom. The first-order chi connectivity index (χ1) is 9.48. The molecule has 106 valence electrons. The van der Waals surface area contributed by atoms with Gasteiger partial charge in [0.2, 0.25) is 0 Å². The molecule has 0 atom stereocenters. The van der Waals surface area contributed by atoms with Gasteiger partial charge in [0.15, 0.2) is 0 Å². The lowest BCUT2D eigenvalue weighted by Crippen LogP contribution is -2.23. The van der Waals surface area contributed by atoms with Crippen LogP contribution in [0.15, 0.2) is 53.5 Å². The van der Waals surface area contributed by atoms with E-state index in [1.807, 2.05) is 18.3 Å². The van der Waals surface area contributed by atoms with Gasteiger partial charge in [-0.15, -0.1) is 0 Å². The third-order valence-corrected chi connectivity index (χ3v) is 3.30. The molecule has 0 bridgehead atoms. The molecule has 0 aliphatic carbocycles. The van der Waals surface area contributed by atoms with E-state index in [4.69, 9.17) is 0 Å². The number of para-hydroxylation sites is 1. The van der Waals surface area contributed by atoms with Gasteiger partial charge in [0.1, 0.15) is 0 Å². The molecule has 0 radical (unpaired) electrons. The van der Waals surface area contributed by atoms with E-state index >= 15 is 0 Å². The van der Waals surface area contributed by atoms with Crippen molar-refractivity contribution in [1.82, 2.24) is 4.57 Å². The Morgan fingerprint density at radius 1 is 1.05 bits per heavy atom. The van der Waals surface area contributed by atoms with Gasteiger partial charge in [-0.25, -0.2) is 0 Å². The molecule has 0 aliphatic heterocycles. The molecule has 1 N–H and O–H groups in total. The molecule has 0 spiro atoms. The number of nitrogens with zero attached hydrogens (tertiary/aromatic N) is 1. The Labute approximate surface area is 120 Å². The van der Waals surface area contributed by atoms with Crippen molar-refractivity contribution in [3.05, 3.63) is 64.6 Å². The number of aromatic nitrogens is 1. The van der Waals surface area contributed by atoms with Gasteiger partial charge in [-0.05, 0) is 23.1 Å². The van der Waals surface area contributed by atoms with E-state index in [0.29, 0.717) is 6.54 Å². The predicted octanol–water partition coefficient (Wildman–Crippen LogP) is 3.26. The van der Waals surface area contributed by atoms with Crippen molar-refractivity contribution in [2.45, 2.75) is 32.7 Å². The monoisotopic (exact) mass is 270 g/mol. The molecule has 2 rings (SSSR count). The summed E-state index contributed by atoms with van der Waals surface area (Å²) in [5.41, 5.74) is 2.58. The van der Waals surface area contributed by atoms with E-state index < -0.39 is 0 Å². The van der Waals surface area contributed by atoms with Gasteiger partial charge in [0.05, 0.1) is 0 Å². The summed E-state index contributed by atoms with van der Waals surface area (Å²) < 4.78 is 1.71. The molecule has 3 nitrogen and oxygen atoms in total. The fraction of sp³-hybridized carbons (Fsp3) is 0.353. The van der Waals surface area contributed by atoms with Crippen LogP contribution in [0.2, 0.25) is 0 Å². The number of anilines is 1. The maximum atomic E-state index is 11.6. The number of hydrogen-bond donors (Lipinski definition) is 1. The molecule has 1 heterocycles. The molecule has 20 heavy (non-hydrogen) atoms. The number of benzene rings is 1. The van der Waals surface area contributed by atoms with E-state index in [1.165, 1.54) is 5.56 Å². The zero-order valence-electron chi connectivity index (χ0n) is 12.4. The van der Waals surface area contributed by atoms with E-state index in [-0.39, 0.29) is 11.0 Å². The van der Waals surface area contributed by atoms with Crippen LogP contribution >= 0.6 is 0 Å². The summed E-state index contributed by atoms with van der Waals surface area (Å²) in [5.74, 6) is 0. The Hall–Kier alpha value is -2.03. The highest BCUT2D eigenvalue weighted by atomic mass is 16.1. The highest BCUT2D eigenvalue weighted by Gasteiger charge is 2.16. The van der Waals surface area contributed by atoms with E-state index in [2.05, 4.69) is 44.3 Å². The lowest BCUT2D eigenvalue weighted by atomic mass is 9.86. The number of rotatable bonds is 4. The minimum Gasteiger partial charge on any atom is -0.383 e. The predicted molar refractivity (Wildman–Crippen MR) is 84.3 cm³/mol. The van der Waals surface area contributed by atoms with Gasteiger partial charge in [-0.3, -0.25) is 4.79 Å². The molecule has 2 aromatic rings. The van der Waals surface area contributed by atoms with Crippen molar-refractivity contribution in [3.8, 4) is 0 Å². The van der Waals surface area contributed by atoms with Crippen LogP contribution in [0.4, 0.5) is 5.69 Å². The summed E-state index contributed by atoms with van der Waals surface area (Å²) in [4.78, 5) is 11.6. The standard InChI is InChI=1S/C17H22N2O/c1-17(2,3)14-8-4-5-9-15(14)18-11-13-19-12-7-6-10-16(19)20/h4-10,12,18H,11,13H2,1-3H3. The Balaban J connectivity index is 2.05. The molecule has 0 saturated carbocycles. The first-order valence-electron chi connectivity index (χ1n) is 6.97. The van der Waals surface area contributed by atoms with E-state index in [9.17, 15) is 4.79 Å². The highest BCUT2D eigenvalue weighted by molar-refractivity contribution is 5.54. The third-order valence-electron chi connectivity index (χ3n) is 3.30.